The van der Waals surface area contributed by atoms with E-state index in [1.807, 2.05) is 19.1 Å². The van der Waals surface area contributed by atoms with Gasteiger partial charge in [0.2, 0.25) is 15.9 Å². The van der Waals surface area contributed by atoms with Crippen LogP contribution in [0.3, 0.4) is 0 Å². The second-order valence-electron chi connectivity index (χ2n) is 8.70. The number of nitrogens with one attached hydrogen (secondary N) is 1. The number of anilines is 1. The molecule has 11 heteroatoms. The van der Waals surface area contributed by atoms with E-state index in [1.54, 1.807) is 6.07 Å². The van der Waals surface area contributed by atoms with Gasteiger partial charge in [-0.3, -0.25) is 14.5 Å². The van der Waals surface area contributed by atoms with Gasteiger partial charge in [0, 0.05) is 13.1 Å². The van der Waals surface area contributed by atoms with Gasteiger partial charge in [-0.1, -0.05) is 6.07 Å². The highest BCUT2D eigenvalue weighted by molar-refractivity contribution is 7.89. The number of nitrogens with zero attached hydrogens (tertiary/aromatic N) is 2. The molecule has 2 aromatic rings. The molecule has 2 amide bonds. The summed E-state index contributed by atoms with van der Waals surface area (Å²) in [6, 6.07) is 9.55. The summed E-state index contributed by atoms with van der Waals surface area (Å²) in [6.45, 7) is 3.24. The van der Waals surface area contributed by atoms with E-state index in [4.69, 9.17) is 14.2 Å². The Morgan fingerprint density at radius 2 is 1.71 bits per heavy atom. The molecule has 0 radical (unpaired) electrons. The van der Waals surface area contributed by atoms with E-state index in [0.717, 1.165) is 18.4 Å². The van der Waals surface area contributed by atoms with Crippen molar-refractivity contribution in [1.29, 1.82) is 0 Å². The van der Waals surface area contributed by atoms with E-state index >= 15 is 0 Å². The van der Waals surface area contributed by atoms with Crippen molar-refractivity contribution in [3.05, 3.63) is 42.0 Å². The lowest BCUT2D eigenvalue weighted by molar-refractivity contribution is -0.125. The fourth-order valence-electron chi connectivity index (χ4n) is 4.44. The predicted octanol–water partition coefficient (Wildman–Crippen LogP) is 1.85. The smallest absolute Gasteiger partial charge is 0.265 e. The number of fused-ring (bicyclic) bond motifs is 2. The maximum Gasteiger partial charge on any atom is 0.265 e. The number of carbonyl (C=O) groups excluding carboxylic acids is 2. The molecule has 1 saturated heterocycles. The largest absolute Gasteiger partial charge is 0.486 e. The molecule has 35 heavy (non-hydrogen) atoms. The second-order valence-corrected chi connectivity index (χ2v) is 10.6. The highest BCUT2D eigenvalue weighted by Crippen LogP contribution is 2.36. The molecule has 1 N–H and O–H groups in total. The van der Waals surface area contributed by atoms with E-state index in [9.17, 15) is 18.0 Å². The minimum atomic E-state index is -3.69. The molecular weight excluding hydrogens is 474 g/mol. The van der Waals surface area contributed by atoms with Gasteiger partial charge in [-0.15, -0.1) is 0 Å². The molecule has 0 aromatic heterocycles. The Labute approximate surface area is 203 Å². The third-order valence-corrected chi connectivity index (χ3v) is 8.22. The van der Waals surface area contributed by atoms with Crippen LogP contribution >= 0.6 is 0 Å². The van der Waals surface area contributed by atoms with Gasteiger partial charge in [0.15, 0.2) is 18.1 Å². The van der Waals surface area contributed by atoms with Crippen molar-refractivity contribution in [1.82, 2.24) is 9.62 Å². The third-order valence-electron chi connectivity index (χ3n) is 6.32. The lowest BCUT2D eigenvalue weighted by Crippen LogP contribution is -2.45. The van der Waals surface area contributed by atoms with Gasteiger partial charge >= 0.3 is 0 Å². The Morgan fingerprint density at radius 1 is 1.00 bits per heavy atom. The average molecular weight is 502 g/mol. The fourth-order valence-corrected chi connectivity index (χ4v) is 5.97. The molecule has 5 rings (SSSR count). The average Bonchev–Trinajstić information content (AvgIpc) is 3.41. The number of hydrogen-bond acceptors (Lipinski definition) is 7. The van der Waals surface area contributed by atoms with Gasteiger partial charge in [-0.25, -0.2) is 8.42 Å². The van der Waals surface area contributed by atoms with Crippen LogP contribution in [-0.2, 0) is 19.6 Å². The lowest BCUT2D eigenvalue weighted by Gasteiger charge is -2.30. The third kappa shape index (κ3) is 4.65. The monoisotopic (exact) mass is 501 g/mol. The van der Waals surface area contributed by atoms with Crippen LogP contribution in [0.4, 0.5) is 5.69 Å². The summed E-state index contributed by atoms with van der Waals surface area (Å²) in [5.41, 5.74) is 1.10. The Balaban J connectivity index is 1.33. The van der Waals surface area contributed by atoms with Crippen molar-refractivity contribution >= 4 is 27.5 Å². The summed E-state index contributed by atoms with van der Waals surface area (Å²) < 4.78 is 44.1. The predicted molar refractivity (Wildman–Crippen MR) is 126 cm³/mol. The van der Waals surface area contributed by atoms with Crippen molar-refractivity contribution < 1.29 is 32.2 Å². The standard InChI is InChI=1S/C24H27N3O7S/c1-16(17-4-6-21-22(12-17)33-11-10-32-21)25-23(28)14-27-19-13-18(5-7-20(19)34-15-24(27)29)35(30,31)26-8-2-3-9-26/h4-7,12-13,16H,2-3,8-11,14-15H2,1H3,(H,25,28)/t16-/m0/s1. The van der Waals surface area contributed by atoms with E-state index in [2.05, 4.69) is 5.32 Å². The summed E-state index contributed by atoms with van der Waals surface area (Å²) in [5.74, 6) is 0.835. The van der Waals surface area contributed by atoms with E-state index in [-0.39, 0.29) is 35.7 Å². The zero-order chi connectivity index (χ0) is 24.6. The normalized spacial score (nSPS) is 18.5. The Morgan fingerprint density at radius 3 is 2.49 bits per heavy atom. The van der Waals surface area contributed by atoms with Crippen LogP contribution in [0.15, 0.2) is 41.3 Å². The van der Waals surface area contributed by atoms with Crippen LogP contribution in [0.1, 0.15) is 31.4 Å². The molecule has 0 bridgehead atoms. The lowest BCUT2D eigenvalue weighted by atomic mass is 10.1. The molecule has 3 heterocycles. The van der Waals surface area contributed by atoms with Crippen LogP contribution in [0.2, 0.25) is 0 Å². The van der Waals surface area contributed by atoms with Crippen LogP contribution in [0.5, 0.6) is 17.2 Å². The number of hydrogen-bond donors (Lipinski definition) is 1. The van der Waals surface area contributed by atoms with Gasteiger partial charge in [0.25, 0.3) is 5.91 Å². The van der Waals surface area contributed by atoms with Gasteiger partial charge in [0.05, 0.1) is 16.6 Å². The fraction of sp³-hybridized carbons (Fsp3) is 0.417. The minimum absolute atomic E-state index is 0.0755. The molecule has 0 aliphatic carbocycles. The molecule has 0 spiro atoms. The van der Waals surface area contributed by atoms with Crippen LogP contribution in [0.25, 0.3) is 0 Å². The van der Waals surface area contributed by atoms with Crippen molar-refractivity contribution in [3.8, 4) is 17.2 Å². The Kier molecular flexibility index (Phi) is 6.28. The quantitative estimate of drug-likeness (QED) is 0.642. The first-order valence-corrected chi connectivity index (χ1v) is 13.0. The van der Waals surface area contributed by atoms with Crippen LogP contribution in [-0.4, -0.2) is 64.0 Å². The number of amides is 2. The summed E-state index contributed by atoms with van der Waals surface area (Å²) >= 11 is 0. The number of benzene rings is 2. The van der Waals surface area contributed by atoms with Crippen molar-refractivity contribution in [2.24, 2.45) is 0 Å². The Bertz CT molecular complexity index is 1260. The first kappa shape index (κ1) is 23.4. The van der Waals surface area contributed by atoms with E-state index in [1.165, 1.54) is 27.4 Å². The van der Waals surface area contributed by atoms with Crippen molar-refractivity contribution in [2.75, 3.05) is 44.4 Å². The highest BCUT2D eigenvalue weighted by Gasteiger charge is 2.32. The topological polar surface area (TPSA) is 114 Å². The number of ether oxygens (including phenoxy) is 3. The summed E-state index contributed by atoms with van der Waals surface area (Å²) in [5, 5.41) is 2.89. The molecule has 3 aliphatic rings. The van der Waals surface area contributed by atoms with Crippen molar-refractivity contribution in [2.45, 2.75) is 30.7 Å². The molecule has 186 valence electrons. The summed E-state index contributed by atoms with van der Waals surface area (Å²) in [7, 11) is -3.69. The van der Waals surface area contributed by atoms with Gasteiger partial charge in [0.1, 0.15) is 25.5 Å². The molecule has 3 aliphatic heterocycles. The summed E-state index contributed by atoms with van der Waals surface area (Å²) in [6.07, 6.45) is 1.64. The maximum absolute atomic E-state index is 13.0. The summed E-state index contributed by atoms with van der Waals surface area (Å²) in [4.78, 5) is 26.9. The van der Waals surface area contributed by atoms with E-state index in [0.29, 0.717) is 43.6 Å². The van der Waals surface area contributed by atoms with Crippen LogP contribution < -0.4 is 24.4 Å². The Hall–Kier alpha value is -3.31. The van der Waals surface area contributed by atoms with Gasteiger partial charge in [-0.05, 0) is 55.7 Å². The second kappa shape index (κ2) is 9.38. The molecule has 1 fully saturated rings. The first-order valence-electron chi connectivity index (χ1n) is 11.6. The zero-order valence-electron chi connectivity index (χ0n) is 19.4. The first-order chi connectivity index (χ1) is 16.8. The molecule has 1 atom stereocenters. The SMILES string of the molecule is C[C@H](NC(=O)CN1C(=O)COc2ccc(S(=O)(=O)N3CCCC3)cc21)c1ccc2c(c1)OCCO2. The zero-order valence-corrected chi connectivity index (χ0v) is 20.2. The number of rotatable bonds is 6. The van der Waals surface area contributed by atoms with E-state index < -0.39 is 15.9 Å². The molecule has 0 unspecified atom stereocenters. The maximum atomic E-state index is 13.0. The molecule has 2 aromatic carbocycles. The van der Waals surface area contributed by atoms with Gasteiger partial charge < -0.3 is 19.5 Å². The molecular formula is C24H27N3O7S. The number of sulfonamides is 1. The highest BCUT2D eigenvalue weighted by atomic mass is 32.2. The molecule has 10 nitrogen and oxygen atoms in total. The van der Waals surface area contributed by atoms with Crippen molar-refractivity contribution in [3.63, 3.8) is 0 Å². The molecule has 0 saturated carbocycles. The van der Waals surface area contributed by atoms with Crippen LogP contribution in [0, 0.1) is 0 Å². The number of carbonyl (C=O) groups is 2. The van der Waals surface area contributed by atoms with Gasteiger partial charge in [-0.2, -0.15) is 4.31 Å². The minimum Gasteiger partial charge on any atom is -0.486 e.